The van der Waals surface area contributed by atoms with E-state index < -0.39 is 24.0 Å². The molecule has 1 atom stereocenters. The molecule has 1 aromatic rings. The number of aromatic carboxylic acids is 2. The predicted molar refractivity (Wildman–Crippen MR) is 68.9 cm³/mol. The van der Waals surface area contributed by atoms with Crippen molar-refractivity contribution in [3.63, 3.8) is 0 Å². The van der Waals surface area contributed by atoms with Crippen molar-refractivity contribution >= 4 is 17.9 Å². The van der Waals surface area contributed by atoms with E-state index in [1.54, 1.807) is 6.92 Å². The molecule has 7 heteroatoms. The molecule has 1 unspecified atom stereocenters. The summed E-state index contributed by atoms with van der Waals surface area (Å²) in [7, 11) is 0. The summed E-state index contributed by atoms with van der Waals surface area (Å²) in [6, 6.07) is 5.48. The molecular weight excluding hydrogens is 268 g/mol. The molecule has 4 N–H and O–H groups in total. The fourth-order valence-electron chi connectivity index (χ4n) is 1.20. The van der Waals surface area contributed by atoms with Crippen LogP contribution in [0.4, 0.5) is 0 Å². The Kier molecular flexibility index (Phi) is 7.61. The summed E-state index contributed by atoms with van der Waals surface area (Å²) < 4.78 is 0. The lowest BCUT2D eigenvalue weighted by Gasteiger charge is -2.00. The first kappa shape index (κ1) is 17.6. The van der Waals surface area contributed by atoms with Crippen molar-refractivity contribution in [2.45, 2.75) is 25.9 Å². The van der Waals surface area contributed by atoms with Crippen molar-refractivity contribution in [2.75, 3.05) is 0 Å². The van der Waals surface area contributed by atoms with Crippen molar-refractivity contribution in [1.29, 1.82) is 0 Å². The number of aliphatic hydroxyl groups excluding tert-OH is 1. The number of aliphatic carboxylic acids is 1. The number of carbonyl (C=O) groups is 3. The molecule has 0 bridgehead atoms. The number of benzene rings is 1. The van der Waals surface area contributed by atoms with Gasteiger partial charge in [-0.2, -0.15) is 0 Å². The van der Waals surface area contributed by atoms with Gasteiger partial charge in [-0.15, -0.1) is 0 Å². The molecule has 0 fully saturated rings. The maximum atomic E-state index is 10.5. The van der Waals surface area contributed by atoms with Gasteiger partial charge in [-0.1, -0.05) is 19.1 Å². The molecule has 0 aromatic heterocycles. The Morgan fingerprint density at radius 3 is 1.60 bits per heavy atom. The molecule has 0 aliphatic carbocycles. The molecule has 0 saturated carbocycles. The second kappa shape index (κ2) is 8.65. The van der Waals surface area contributed by atoms with E-state index >= 15 is 0 Å². The molecule has 20 heavy (non-hydrogen) atoms. The fourth-order valence-corrected chi connectivity index (χ4v) is 1.20. The average Bonchev–Trinajstić information content (AvgIpc) is 2.38. The van der Waals surface area contributed by atoms with Crippen LogP contribution in [0.2, 0.25) is 0 Å². The van der Waals surface area contributed by atoms with Crippen LogP contribution in [0.15, 0.2) is 24.3 Å². The molecule has 0 spiro atoms. The Morgan fingerprint density at radius 2 is 1.40 bits per heavy atom. The van der Waals surface area contributed by atoms with Crippen LogP contribution in [-0.4, -0.2) is 44.4 Å². The summed E-state index contributed by atoms with van der Waals surface area (Å²) in [5, 5.41) is 33.8. The topological polar surface area (TPSA) is 132 Å². The Hall–Kier alpha value is -2.41. The van der Waals surface area contributed by atoms with E-state index in [1.165, 1.54) is 24.3 Å². The summed E-state index contributed by atoms with van der Waals surface area (Å²) in [5.41, 5.74) is -0.380. The highest BCUT2D eigenvalue weighted by atomic mass is 16.4. The molecule has 1 rings (SSSR count). The maximum Gasteiger partial charge on any atom is 0.336 e. The van der Waals surface area contributed by atoms with Gasteiger partial charge >= 0.3 is 17.9 Å². The number of carboxylic acid groups (broad SMARTS) is 3. The summed E-state index contributed by atoms with van der Waals surface area (Å²) >= 11 is 0. The van der Waals surface area contributed by atoms with Gasteiger partial charge in [0.25, 0.3) is 0 Å². The highest BCUT2D eigenvalue weighted by molar-refractivity contribution is 6.01. The normalized spacial score (nSPS) is 10.9. The maximum absolute atomic E-state index is 10.5. The lowest BCUT2D eigenvalue weighted by atomic mass is 10.1. The summed E-state index contributed by atoms with van der Waals surface area (Å²) in [6.45, 7) is 1.74. The third kappa shape index (κ3) is 6.50. The van der Waals surface area contributed by atoms with E-state index in [0.717, 1.165) is 0 Å². The molecule has 0 radical (unpaired) electrons. The number of carboxylic acids is 3. The zero-order valence-corrected chi connectivity index (χ0v) is 10.8. The number of rotatable bonds is 5. The second-order valence-corrected chi connectivity index (χ2v) is 3.82. The van der Waals surface area contributed by atoms with E-state index in [4.69, 9.17) is 20.4 Å². The van der Waals surface area contributed by atoms with Crippen molar-refractivity contribution < 1.29 is 34.8 Å². The molecule has 0 amide bonds. The Labute approximate surface area is 115 Å². The van der Waals surface area contributed by atoms with Crippen LogP contribution in [-0.2, 0) is 4.79 Å². The first-order chi connectivity index (χ1) is 9.29. The third-order valence-corrected chi connectivity index (χ3v) is 2.27. The zero-order chi connectivity index (χ0) is 15.7. The monoisotopic (exact) mass is 284 g/mol. The number of aliphatic hydroxyl groups is 1. The average molecular weight is 284 g/mol. The van der Waals surface area contributed by atoms with Crippen LogP contribution in [0, 0.1) is 0 Å². The molecular formula is C13H16O7. The Morgan fingerprint density at radius 1 is 1.00 bits per heavy atom. The Balaban J connectivity index is 0.000000396. The standard InChI is InChI=1S/C8H6O4.C5H10O3/c9-7(10)5-3-1-2-4-6(5)8(11)12;1-2-4(6)3-5(7)8/h1-4H,(H,9,10)(H,11,12);4,6H,2-3H2,1H3,(H,7,8). The van der Waals surface area contributed by atoms with Crippen molar-refractivity contribution in [1.82, 2.24) is 0 Å². The fraction of sp³-hybridized carbons (Fsp3) is 0.308. The van der Waals surface area contributed by atoms with Gasteiger partial charge in [-0.25, -0.2) is 9.59 Å². The van der Waals surface area contributed by atoms with E-state index in [1.807, 2.05) is 0 Å². The third-order valence-electron chi connectivity index (χ3n) is 2.27. The van der Waals surface area contributed by atoms with Crippen LogP contribution >= 0.6 is 0 Å². The van der Waals surface area contributed by atoms with Crippen LogP contribution in [0.25, 0.3) is 0 Å². The Bertz CT molecular complexity index is 448. The smallest absolute Gasteiger partial charge is 0.336 e. The minimum atomic E-state index is -1.23. The van der Waals surface area contributed by atoms with Gasteiger partial charge < -0.3 is 20.4 Å². The molecule has 0 saturated heterocycles. The van der Waals surface area contributed by atoms with Gasteiger partial charge in [-0.3, -0.25) is 4.79 Å². The van der Waals surface area contributed by atoms with Gasteiger partial charge in [0.15, 0.2) is 0 Å². The molecule has 1 aromatic carbocycles. The molecule has 0 heterocycles. The summed E-state index contributed by atoms with van der Waals surface area (Å²) in [4.78, 5) is 30.7. The first-order valence-corrected chi connectivity index (χ1v) is 5.75. The second-order valence-electron chi connectivity index (χ2n) is 3.82. The SMILES string of the molecule is CCC(O)CC(=O)O.O=C(O)c1ccccc1C(=O)O. The van der Waals surface area contributed by atoms with E-state index in [0.29, 0.717) is 6.42 Å². The number of hydrogen-bond donors (Lipinski definition) is 4. The van der Waals surface area contributed by atoms with E-state index in [-0.39, 0.29) is 17.5 Å². The quantitative estimate of drug-likeness (QED) is 0.640. The first-order valence-electron chi connectivity index (χ1n) is 5.75. The van der Waals surface area contributed by atoms with Gasteiger partial charge in [0.05, 0.1) is 23.7 Å². The van der Waals surface area contributed by atoms with E-state index in [9.17, 15) is 14.4 Å². The minimum absolute atomic E-state index is 0.142. The number of hydrogen-bond acceptors (Lipinski definition) is 4. The van der Waals surface area contributed by atoms with Gasteiger partial charge in [0, 0.05) is 0 Å². The highest BCUT2D eigenvalue weighted by Gasteiger charge is 2.13. The lowest BCUT2D eigenvalue weighted by molar-refractivity contribution is -0.139. The van der Waals surface area contributed by atoms with Crippen LogP contribution in [0.1, 0.15) is 40.5 Å². The summed E-state index contributed by atoms with van der Waals surface area (Å²) in [5.74, 6) is -3.40. The molecule has 110 valence electrons. The van der Waals surface area contributed by atoms with Crippen LogP contribution < -0.4 is 0 Å². The van der Waals surface area contributed by atoms with Gasteiger partial charge in [-0.05, 0) is 18.6 Å². The predicted octanol–water partition coefficient (Wildman–Crippen LogP) is 1.32. The van der Waals surface area contributed by atoms with E-state index in [2.05, 4.69) is 0 Å². The lowest BCUT2D eigenvalue weighted by Crippen LogP contribution is -2.10. The van der Waals surface area contributed by atoms with Gasteiger partial charge in [0.1, 0.15) is 0 Å². The van der Waals surface area contributed by atoms with Crippen molar-refractivity contribution in [2.24, 2.45) is 0 Å². The van der Waals surface area contributed by atoms with Crippen LogP contribution in [0.3, 0.4) is 0 Å². The van der Waals surface area contributed by atoms with Crippen molar-refractivity contribution in [3.05, 3.63) is 35.4 Å². The minimum Gasteiger partial charge on any atom is -0.481 e. The molecule has 0 aliphatic heterocycles. The molecule has 7 nitrogen and oxygen atoms in total. The molecule has 0 aliphatic rings. The zero-order valence-electron chi connectivity index (χ0n) is 10.8. The van der Waals surface area contributed by atoms with Crippen molar-refractivity contribution in [3.8, 4) is 0 Å². The van der Waals surface area contributed by atoms with Gasteiger partial charge in [0.2, 0.25) is 0 Å². The van der Waals surface area contributed by atoms with Crippen LogP contribution in [0.5, 0.6) is 0 Å². The largest absolute Gasteiger partial charge is 0.481 e. The highest BCUT2D eigenvalue weighted by Crippen LogP contribution is 2.07. The summed E-state index contributed by atoms with van der Waals surface area (Å²) in [6.07, 6.45) is -0.310.